The molecule has 38 heavy (non-hydrogen) atoms. The smallest absolute Gasteiger partial charge is 1.00 e. The fourth-order valence-corrected chi connectivity index (χ4v) is 4.22. The van der Waals surface area contributed by atoms with E-state index in [1.807, 2.05) is 0 Å². The molecule has 6 rings (SSSR count). The van der Waals surface area contributed by atoms with E-state index in [4.69, 9.17) is 9.90 Å². The van der Waals surface area contributed by atoms with Gasteiger partial charge in [-0.2, -0.15) is 0 Å². The monoisotopic (exact) mass is 793 g/mol. The molecular weight excluding hydrogens is 763 g/mol. The van der Waals surface area contributed by atoms with Gasteiger partial charge in [0.15, 0.2) is 0 Å². The maximum Gasteiger partial charge on any atom is 2.00 e. The molecule has 4 nitrogen and oxygen atoms in total. The summed E-state index contributed by atoms with van der Waals surface area (Å²) in [5.74, 6) is -1.08. The topological polar surface area (TPSA) is 46.6 Å². The molecular formula is C32H29IIrN2O2. The van der Waals surface area contributed by atoms with Crippen LogP contribution in [0.1, 0.15) is 18.1 Å². The first kappa shape index (κ1) is 31.0. The van der Waals surface area contributed by atoms with Gasteiger partial charge in [0.2, 0.25) is 0 Å². The molecule has 4 aromatic rings. The van der Waals surface area contributed by atoms with E-state index in [0.29, 0.717) is 0 Å². The molecule has 0 spiro atoms. The van der Waals surface area contributed by atoms with Gasteiger partial charge in [-0.25, -0.2) is 0 Å². The van der Waals surface area contributed by atoms with Crippen LogP contribution in [0, 0.1) is 0 Å². The molecule has 2 aliphatic heterocycles. The maximum atomic E-state index is 8.89. The molecule has 2 aliphatic rings. The fourth-order valence-electron chi connectivity index (χ4n) is 4.22. The van der Waals surface area contributed by atoms with Crippen LogP contribution in [0.3, 0.4) is 0 Å². The Kier molecular flexibility index (Phi) is 13.0. The SMILES string of the molecule is C1=Cc2ccccc2N(c2ccccc2)C1.C1=Cc2ccccc2N(c2ccccc2)C1.CC(=O)[O-].[I-].[Ir+2]. The number of hydrogen-bond donors (Lipinski definition) is 0. The Morgan fingerprint density at radius 3 is 1.29 bits per heavy atom. The largest absolute Gasteiger partial charge is 2.00 e. The summed E-state index contributed by atoms with van der Waals surface area (Å²) < 4.78 is 0. The summed E-state index contributed by atoms with van der Waals surface area (Å²) in [6.45, 7) is 2.86. The zero-order valence-corrected chi connectivity index (χ0v) is 25.6. The normalized spacial score (nSPS) is 12.1. The van der Waals surface area contributed by atoms with Gasteiger partial charge in [0.1, 0.15) is 0 Å². The summed E-state index contributed by atoms with van der Waals surface area (Å²) in [6.07, 6.45) is 8.79. The molecule has 1 radical (unpaired) electrons. The second-order valence-corrected chi connectivity index (χ2v) is 8.31. The van der Waals surface area contributed by atoms with Crippen LogP contribution < -0.4 is 38.9 Å². The molecule has 0 aliphatic carbocycles. The summed E-state index contributed by atoms with van der Waals surface area (Å²) in [5.41, 5.74) is 7.65. The van der Waals surface area contributed by atoms with E-state index in [0.717, 1.165) is 20.0 Å². The number of para-hydroxylation sites is 4. The van der Waals surface area contributed by atoms with Gasteiger partial charge in [-0.3, -0.25) is 0 Å². The Balaban J connectivity index is 0.000000224. The van der Waals surface area contributed by atoms with Crippen molar-refractivity contribution < 1.29 is 54.0 Å². The second kappa shape index (κ2) is 15.9. The zero-order valence-electron chi connectivity index (χ0n) is 21.0. The average Bonchev–Trinajstić information content (AvgIpc) is 2.93. The predicted molar refractivity (Wildman–Crippen MR) is 149 cm³/mol. The molecule has 2 heterocycles. The van der Waals surface area contributed by atoms with Gasteiger partial charge >= 0.3 is 20.1 Å². The first-order valence-corrected chi connectivity index (χ1v) is 12.0. The fraction of sp³-hybridized carbons (Fsp3) is 0.0938. The van der Waals surface area contributed by atoms with Crippen molar-refractivity contribution in [1.82, 2.24) is 0 Å². The molecule has 195 valence electrons. The number of halogens is 1. The Bertz CT molecular complexity index is 1240. The molecule has 4 aromatic carbocycles. The van der Waals surface area contributed by atoms with Gasteiger partial charge < -0.3 is 43.7 Å². The van der Waals surface area contributed by atoms with E-state index in [9.17, 15) is 0 Å². The number of aliphatic carboxylic acids is 1. The molecule has 0 aromatic heterocycles. The third-order valence-corrected chi connectivity index (χ3v) is 5.76. The van der Waals surface area contributed by atoms with Crippen LogP contribution in [-0.4, -0.2) is 19.1 Å². The van der Waals surface area contributed by atoms with Gasteiger partial charge in [0, 0.05) is 41.8 Å². The minimum absolute atomic E-state index is 0. The first-order valence-electron chi connectivity index (χ1n) is 12.0. The Labute approximate surface area is 255 Å². The standard InChI is InChI=1S/2C15H13N.C2H4O2.HI.Ir/c2*1-2-9-14(10-3-1)16-12-6-8-13-7-4-5-11-15(13)16;1-2(3)4;;/h2*1-11H,12H2;1H3,(H,3,4);1H;/q;;;;+2/p-2. The van der Waals surface area contributed by atoms with Crippen molar-refractivity contribution in [2.75, 3.05) is 22.9 Å². The van der Waals surface area contributed by atoms with Crippen LogP contribution in [0.5, 0.6) is 0 Å². The summed E-state index contributed by atoms with van der Waals surface area (Å²) in [7, 11) is 0. The number of carboxylic acids is 1. The van der Waals surface area contributed by atoms with Crippen LogP contribution in [0.25, 0.3) is 12.2 Å². The summed E-state index contributed by atoms with van der Waals surface area (Å²) in [5, 5.41) is 8.89. The quantitative estimate of drug-likeness (QED) is 0.292. The maximum absolute atomic E-state index is 8.89. The van der Waals surface area contributed by atoms with Crippen molar-refractivity contribution >= 4 is 40.9 Å². The van der Waals surface area contributed by atoms with Crippen molar-refractivity contribution in [3.05, 3.63) is 132 Å². The summed E-state index contributed by atoms with van der Waals surface area (Å²) in [6, 6.07) is 38.0. The average molecular weight is 793 g/mol. The number of carboxylic acid groups (broad SMARTS) is 1. The molecule has 0 saturated carbocycles. The molecule has 6 heteroatoms. The Hall–Kier alpha value is -3.19. The Morgan fingerprint density at radius 2 is 0.921 bits per heavy atom. The third kappa shape index (κ3) is 8.42. The zero-order chi connectivity index (χ0) is 25.2. The van der Waals surface area contributed by atoms with Crippen molar-refractivity contribution in [3.8, 4) is 0 Å². The van der Waals surface area contributed by atoms with Gasteiger partial charge in [0.05, 0.1) is 0 Å². The van der Waals surface area contributed by atoms with Gasteiger partial charge in [-0.15, -0.1) is 0 Å². The molecule has 0 saturated heterocycles. The first-order chi connectivity index (χ1) is 17.6. The van der Waals surface area contributed by atoms with E-state index in [-0.39, 0.29) is 44.1 Å². The molecule has 0 amide bonds. The van der Waals surface area contributed by atoms with Crippen molar-refractivity contribution in [2.45, 2.75) is 6.92 Å². The number of fused-ring (bicyclic) bond motifs is 2. The molecule has 0 N–H and O–H groups in total. The third-order valence-electron chi connectivity index (χ3n) is 5.76. The van der Waals surface area contributed by atoms with Crippen molar-refractivity contribution in [3.63, 3.8) is 0 Å². The van der Waals surface area contributed by atoms with Crippen LogP contribution in [0.2, 0.25) is 0 Å². The predicted octanol–water partition coefficient (Wildman–Crippen LogP) is 3.46. The van der Waals surface area contributed by atoms with Crippen molar-refractivity contribution in [1.29, 1.82) is 0 Å². The van der Waals surface area contributed by atoms with Crippen LogP contribution in [-0.2, 0) is 24.9 Å². The van der Waals surface area contributed by atoms with Gasteiger partial charge in [0.25, 0.3) is 0 Å². The van der Waals surface area contributed by atoms with Crippen molar-refractivity contribution in [2.24, 2.45) is 0 Å². The van der Waals surface area contributed by atoms with Gasteiger partial charge in [-0.05, 0) is 54.4 Å². The van der Waals surface area contributed by atoms with Crippen LogP contribution >= 0.6 is 0 Å². The number of rotatable bonds is 2. The number of nitrogens with zero attached hydrogens (tertiary/aromatic N) is 2. The number of anilines is 4. The van der Waals surface area contributed by atoms with E-state index in [2.05, 4.69) is 143 Å². The minimum atomic E-state index is -1.08. The van der Waals surface area contributed by atoms with E-state index >= 15 is 0 Å². The number of benzene rings is 4. The van der Waals surface area contributed by atoms with Crippen LogP contribution in [0.4, 0.5) is 22.7 Å². The number of hydrogen-bond acceptors (Lipinski definition) is 4. The molecule has 0 bridgehead atoms. The Morgan fingerprint density at radius 1 is 0.605 bits per heavy atom. The van der Waals surface area contributed by atoms with Crippen LogP contribution in [0.15, 0.2) is 121 Å². The summed E-state index contributed by atoms with van der Waals surface area (Å²) >= 11 is 0. The van der Waals surface area contributed by atoms with E-state index in [1.165, 1.54) is 33.9 Å². The number of carbonyl (C=O) groups is 1. The second-order valence-electron chi connectivity index (χ2n) is 8.31. The minimum Gasteiger partial charge on any atom is -1.00 e. The van der Waals surface area contributed by atoms with E-state index < -0.39 is 5.97 Å². The van der Waals surface area contributed by atoms with Gasteiger partial charge in [-0.1, -0.05) is 97.1 Å². The molecule has 0 fully saturated rings. The van der Waals surface area contributed by atoms with E-state index in [1.54, 1.807) is 0 Å². The molecule has 0 atom stereocenters. The number of carbonyl (C=O) groups excluding carboxylic acids is 1. The summed E-state index contributed by atoms with van der Waals surface area (Å²) in [4.78, 5) is 13.5. The molecule has 0 unspecified atom stereocenters.